The van der Waals surface area contributed by atoms with Crippen LogP contribution in [-0.2, 0) is 12.8 Å². The van der Waals surface area contributed by atoms with Gasteiger partial charge >= 0.3 is 0 Å². The van der Waals surface area contributed by atoms with E-state index in [1.165, 1.54) is 21.9 Å². The largest absolute Gasteiger partial charge is 0.399 e. The van der Waals surface area contributed by atoms with E-state index in [9.17, 15) is 4.79 Å². The molecule has 1 aliphatic rings. The van der Waals surface area contributed by atoms with Crippen LogP contribution in [0.4, 0.5) is 5.69 Å². The molecular formula is C19H15NO. The maximum absolute atomic E-state index is 12.8. The zero-order valence-electron chi connectivity index (χ0n) is 11.6. The van der Waals surface area contributed by atoms with E-state index < -0.39 is 0 Å². The maximum atomic E-state index is 12.8. The predicted molar refractivity (Wildman–Crippen MR) is 85.6 cm³/mol. The highest BCUT2D eigenvalue weighted by Gasteiger charge is 2.21. The monoisotopic (exact) mass is 273 g/mol. The van der Waals surface area contributed by atoms with E-state index in [0.717, 1.165) is 18.4 Å². The first-order chi connectivity index (χ1) is 10.2. The van der Waals surface area contributed by atoms with Crippen LogP contribution in [0, 0.1) is 0 Å². The van der Waals surface area contributed by atoms with Crippen LogP contribution < -0.4 is 5.73 Å². The predicted octanol–water partition coefficient (Wildman–Crippen LogP) is 3.75. The minimum atomic E-state index is 0.0867. The molecule has 2 N–H and O–H groups in total. The number of carbonyl (C=O) groups excluding carboxylic acids is 1. The van der Waals surface area contributed by atoms with Crippen LogP contribution >= 0.6 is 0 Å². The topological polar surface area (TPSA) is 43.1 Å². The molecule has 4 rings (SSSR count). The lowest BCUT2D eigenvalue weighted by Crippen LogP contribution is -2.05. The zero-order chi connectivity index (χ0) is 14.4. The molecule has 3 aromatic carbocycles. The molecule has 0 amide bonds. The highest BCUT2D eigenvalue weighted by Crippen LogP contribution is 2.34. The van der Waals surface area contributed by atoms with Crippen molar-refractivity contribution in [3.05, 3.63) is 76.9 Å². The van der Waals surface area contributed by atoms with Crippen molar-refractivity contribution in [2.24, 2.45) is 0 Å². The molecule has 0 saturated heterocycles. The lowest BCUT2D eigenvalue weighted by Gasteiger charge is -2.08. The van der Waals surface area contributed by atoms with Crippen molar-refractivity contribution >= 4 is 22.2 Å². The molecule has 102 valence electrons. The zero-order valence-corrected chi connectivity index (χ0v) is 11.6. The first kappa shape index (κ1) is 12.2. The van der Waals surface area contributed by atoms with E-state index in [4.69, 9.17) is 5.73 Å². The minimum absolute atomic E-state index is 0.0867. The fourth-order valence-electron chi connectivity index (χ4n) is 3.27. The Morgan fingerprint density at radius 3 is 2.52 bits per heavy atom. The van der Waals surface area contributed by atoms with Crippen molar-refractivity contribution in [2.45, 2.75) is 12.8 Å². The van der Waals surface area contributed by atoms with Crippen molar-refractivity contribution in [3.8, 4) is 0 Å². The molecule has 0 aromatic heterocycles. The van der Waals surface area contributed by atoms with E-state index in [0.29, 0.717) is 11.3 Å². The van der Waals surface area contributed by atoms with Gasteiger partial charge in [-0.3, -0.25) is 4.79 Å². The Hall–Kier alpha value is -2.61. The quantitative estimate of drug-likeness (QED) is 0.571. The molecule has 0 atom stereocenters. The molecule has 0 heterocycles. The number of nitrogen functional groups attached to an aromatic ring is 1. The summed E-state index contributed by atoms with van der Waals surface area (Å²) in [5, 5.41) is 2.51. The van der Waals surface area contributed by atoms with Crippen LogP contribution in [0.2, 0.25) is 0 Å². The molecule has 0 spiro atoms. The molecule has 0 saturated carbocycles. The van der Waals surface area contributed by atoms with Crippen LogP contribution in [0.1, 0.15) is 27.0 Å². The van der Waals surface area contributed by atoms with Gasteiger partial charge in [-0.1, -0.05) is 30.3 Å². The Balaban J connectivity index is 1.89. The van der Waals surface area contributed by atoms with Gasteiger partial charge in [-0.25, -0.2) is 0 Å². The number of nitrogens with two attached hydrogens (primary N) is 1. The van der Waals surface area contributed by atoms with Crippen LogP contribution in [0.15, 0.2) is 54.6 Å². The molecular weight excluding hydrogens is 258 g/mol. The van der Waals surface area contributed by atoms with Gasteiger partial charge in [0.25, 0.3) is 0 Å². The summed E-state index contributed by atoms with van der Waals surface area (Å²) in [6.07, 6.45) is 1.98. The van der Waals surface area contributed by atoms with Crippen molar-refractivity contribution in [1.29, 1.82) is 0 Å². The lowest BCUT2D eigenvalue weighted by atomic mass is 9.94. The van der Waals surface area contributed by atoms with E-state index in [1.54, 1.807) is 24.3 Å². The third kappa shape index (κ3) is 1.83. The summed E-state index contributed by atoms with van der Waals surface area (Å²) in [7, 11) is 0. The number of ketones is 1. The van der Waals surface area contributed by atoms with Gasteiger partial charge < -0.3 is 5.73 Å². The molecule has 0 radical (unpaired) electrons. The highest BCUT2D eigenvalue weighted by atomic mass is 16.1. The van der Waals surface area contributed by atoms with E-state index in [1.807, 2.05) is 6.07 Å². The van der Waals surface area contributed by atoms with E-state index in [2.05, 4.69) is 24.3 Å². The van der Waals surface area contributed by atoms with Gasteiger partial charge in [0.15, 0.2) is 5.78 Å². The number of anilines is 1. The third-order valence-corrected chi connectivity index (χ3v) is 4.30. The van der Waals surface area contributed by atoms with Crippen LogP contribution in [-0.4, -0.2) is 5.78 Å². The molecule has 3 aromatic rings. The van der Waals surface area contributed by atoms with Crippen LogP contribution in [0.25, 0.3) is 10.8 Å². The second-order valence-electron chi connectivity index (χ2n) is 5.56. The Bertz CT molecular complexity index is 863. The second kappa shape index (κ2) is 4.45. The summed E-state index contributed by atoms with van der Waals surface area (Å²) in [5.74, 6) is 0.0867. The number of hydrogen-bond donors (Lipinski definition) is 1. The summed E-state index contributed by atoms with van der Waals surface area (Å²) in [5.41, 5.74) is 10.5. The molecule has 1 aliphatic carbocycles. The van der Waals surface area contributed by atoms with Gasteiger partial charge in [-0.05, 0) is 59.0 Å². The second-order valence-corrected chi connectivity index (χ2v) is 5.56. The van der Waals surface area contributed by atoms with Gasteiger partial charge in [-0.15, -0.1) is 0 Å². The summed E-state index contributed by atoms with van der Waals surface area (Å²) >= 11 is 0. The first-order valence-corrected chi connectivity index (χ1v) is 7.18. The number of hydrogen-bond acceptors (Lipinski definition) is 2. The van der Waals surface area contributed by atoms with Gasteiger partial charge in [0.2, 0.25) is 0 Å². The van der Waals surface area contributed by atoms with E-state index >= 15 is 0 Å². The molecule has 0 bridgehead atoms. The molecule has 0 aliphatic heterocycles. The maximum Gasteiger partial charge on any atom is 0.193 e. The fourth-order valence-corrected chi connectivity index (χ4v) is 3.27. The van der Waals surface area contributed by atoms with Crippen molar-refractivity contribution in [3.63, 3.8) is 0 Å². The average Bonchev–Trinajstić information content (AvgIpc) is 2.94. The normalized spacial score (nSPS) is 12.8. The highest BCUT2D eigenvalue weighted by molar-refractivity contribution is 6.13. The fraction of sp³-hybridized carbons (Fsp3) is 0.105. The smallest absolute Gasteiger partial charge is 0.193 e. The number of aryl methyl sites for hydroxylation is 2. The number of benzene rings is 3. The van der Waals surface area contributed by atoms with E-state index in [-0.39, 0.29) is 5.78 Å². The SMILES string of the molecule is Nc1ccc(C(=O)c2ccc3cccc4c3c2CC4)cc1. The van der Waals surface area contributed by atoms with Gasteiger partial charge in [0.1, 0.15) is 0 Å². The molecule has 0 fully saturated rings. The summed E-state index contributed by atoms with van der Waals surface area (Å²) in [6, 6.07) is 17.5. The molecule has 2 nitrogen and oxygen atoms in total. The summed E-state index contributed by atoms with van der Waals surface area (Å²) in [6.45, 7) is 0. The summed E-state index contributed by atoms with van der Waals surface area (Å²) in [4.78, 5) is 12.8. The molecule has 21 heavy (non-hydrogen) atoms. The number of rotatable bonds is 2. The Morgan fingerprint density at radius 1 is 0.905 bits per heavy atom. The van der Waals surface area contributed by atoms with Crippen LogP contribution in [0.5, 0.6) is 0 Å². The van der Waals surface area contributed by atoms with Gasteiger partial charge in [-0.2, -0.15) is 0 Å². The Labute approximate surface area is 123 Å². The summed E-state index contributed by atoms with van der Waals surface area (Å²) < 4.78 is 0. The standard InChI is InChI=1S/C19H15NO/c20-15-8-4-14(5-9-15)19(21)17-11-7-13-3-1-2-12-6-10-16(17)18(12)13/h1-5,7-9,11H,6,10,20H2. The molecule has 0 unspecified atom stereocenters. The average molecular weight is 273 g/mol. The van der Waals surface area contributed by atoms with Crippen molar-refractivity contribution < 1.29 is 4.79 Å². The van der Waals surface area contributed by atoms with Crippen LogP contribution in [0.3, 0.4) is 0 Å². The van der Waals surface area contributed by atoms with Gasteiger partial charge in [0.05, 0.1) is 0 Å². The Morgan fingerprint density at radius 2 is 1.71 bits per heavy atom. The minimum Gasteiger partial charge on any atom is -0.399 e. The molecule has 2 heteroatoms. The lowest BCUT2D eigenvalue weighted by molar-refractivity contribution is 0.103. The third-order valence-electron chi connectivity index (χ3n) is 4.30. The van der Waals surface area contributed by atoms with Crippen molar-refractivity contribution in [1.82, 2.24) is 0 Å². The Kier molecular flexibility index (Phi) is 2.58. The first-order valence-electron chi connectivity index (χ1n) is 7.18. The van der Waals surface area contributed by atoms with Gasteiger partial charge in [0, 0.05) is 16.8 Å². The number of carbonyl (C=O) groups is 1. The van der Waals surface area contributed by atoms with Crippen molar-refractivity contribution in [2.75, 3.05) is 5.73 Å².